The van der Waals surface area contributed by atoms with Gasteiger partial charge in [0.2, 0.25) is 0 Å². The van der Waals surface area contributed by atoms with Gasteiger partial charge in [0, 0.05) is 35.4 Å². The fourth-order valence-electron chi connectivity index (χ4n) is 2.37. The molecular weight excluding hydrogens is 316 g/mol. The number of hydrogen-bond acceptors (Lipinski definition) is 6. The second-order valence-corrected chi connectivity index (χ2v) is 5.35. The highest BCUT2D eigenvalue weighted by Crippen LogP contribution is 2.27. The molecule has 7 nitrogen and oxygen atoms in total. The Hall–Kier alpha value is -3.74. The predicted octanol–water partition coefficient (Wildman–Crippen LogP) is 2.57. The number of nitrogens with two attached hydrogens (primary N) is 2. The van der Waals surface area contributed by atoms with Crippen molar-refractivity contribution in [1.29, 1.82) is 5.41 Å². The molecule has 3 rings (SSSR count). The first-order chi connectivity index (χ1) is 12.1. The molecule has 1 amide bonds. The minimum absolute atomic E-state index is 0.164. The lowest BCUT2D eigenvalue weighted by molar-refractivity contribution is 0.0995. The molecule has 2 heterocycles. The highest BCUT2D eigenvalue weighted by molar-refractivity contribution is 5.92. The average Bonchev–Trinajstić information content (AvgIpc) is 2.62. The van der Waals surface area contributed by atoms with Crippen molar-refractivity contribution in [3.05, 3.63) is 66.1 Å². The van der Waals surface area contributed by atoms with Gasteiger partial charge < -0.3 is 22.2 Å². The number of rotatable bonds is 5. The number of pyridine rings is 2. The summed E-state index contributed by atoms with van der Waals surface area (Å²) >= 11 is 0. The van der Waals surface area contributed by atoms with Crippen LogP contribution in [0.4, 0.5) is 17.2 Å². The van der Waals surface area contributed by atoms with E-state index in [-0.39, 0.29) is 5.69 Å². The SMILES string of the molecule is N=Cc1ccc(-c2cncc(N)c2)cc1Nc1cccc(C(N)=O)n1. The lowest BCUT2D eigenvalue weighted by atomic mass is 10.0. The van der Waals surface area contributed by atoms with E-state index in [1.54, 1.807) is 30.6 Å². The largest absolute Gasteiger partial charge is 0.397 e. The van der Waals surface area contributed by atoms with Gasteiger partial charge in [0.15, 0.2) is 0 Å². The van der Waals surface area contributed by atoms with Gasteiger partial charge in [0.1, 0.15) is 11.5 Å². The van der Waals surface area contributed by atoms with Gasteiger partial charge in [-0.15, -0.1) is 0 Å². The third-order valence-corrected chi connectivity index (χ3v) is 3.57. The van der Waals surface area contributed by atoms with Gasteiger partial charge in [-0.3, -0.25) is 9.78 Å². The molecule has 0 aliphatic carbocycles. The number of nitrogens with one attached hydrogen (secondary N) is 2. The van der Waals surface area contributed by atoms with Crippen molar-refractivity contribution in [2.75, 3.05) is 11.1 Å². The van der Waals surface area contributed by atoms with Gasteiger partial charge in [-0.2, -0.15) is 0 Å². The maximum Gasteiger partial charge on any atom is 0.267 e. The number of hydrogen-bond donors (Lipinski definition) is 4. The van der Waals surface area contributed by atoms with Crippen LogP contribution in [0.2, 0.25) is 0 Å². The maximum atomic E-state index is 11.3. The van der Waals surface area contributed by atoms with Crippen LogP contribution < -0.4 is 16.8 Å². The van der Waals surface area contributed by atoms with Crippen LogP contribution in [0.25, 0.3) is 11.1 Å². The van der Waals surface area contributed by atoms with Crippen molar-refractivity contribution in [2.45, 2.75) is 0 Å². The summed E-state index contributed by atoms with van der Waals surface area (Å²) in [6.45, 7) is 0. The monoisotopic (exact) mass is 332 g/mol. The summed E-state index contributed by atoms with van der Waals surface area (Å²) in [6, 6.07) is 12.3. The quantitative estimate of drug-likeness (QED) is 0.533. The number of carbonyl (C=O) groups excluding carboxylic acids is 1. The van der Waals surface area contributed by atoms with Gasteiger partial charge in [-0.1, -0.05) is 18.2 Å². The second-order valence-electron chi connectivity index (χ2n) is 5.35. The fraction of sp³-hybridized carbons (Fsp3) is 0. The molecule has 0 spiro atoms. The number of carbonyl (C=O) groups is 1. The van der Waals surface area contributed by atoms with Crippen molar-refractivity contribution in [2.24, 2.45) is 5.73 Å². The lowest BCUT2D eigenvalue weighted by Crippen LogP contribution is -2.13. The molecule has 0 atom stereocenters. The standard InChI is InChI=1S/C18H16N6O/c19-8-12-5-4-11(13-6-14(20)10-22-9-13)7-16(12)24-17-3-1-2-15(23-17)18(21)25/h1-10,19H,20H2,(H2,21,25)(H,23,24). The molecular formula is C18H16N6O. The van der Waals surface area contributed by atoms with E-state index >= 15 is 0 Å². The molecule has 0 aliphatic rings. The molecule has 6 N–H and O–H groups in total. The minimum atomic E-state index is -0.601. The summed E-state index contributed by atoms with van der Waals surface area (Å²) in [5.74, 6) is -0.141. The van der Waals surface area contributed by atoms with Crippen LogP contribution in [0, 0.1) is 5.41 Å². The highest BCUT2D eigenvalue weighted by atomic mass is 16.1. The number of amides is 1. The molecule has 3 aromatic rings. The Kier molecular flexibility index (Phi) is 4.38. The van der Waals surface area contributed by atoms with E-state index in [1.165, 1.54) is 6.21 Å². The molecule has 0 saturated heterocycles. The Bertz CT molecular complexity index is 954. The summed E-state index contributed by atoms with van der Waals surface area (Å²) < 4.78 is 0. The zero-order chi connectivity index (χ0) is 17.8. The van der Waals surface area contributed by atoms with Gasteiger partial charge in [0.25, 0.3) is 5.91 Å². The summed E-state index contributed by atoms with van der Waals surface area (Å²) in [5.41, 5.74) is 14.9. The highest BCUT2D eigenvalue weighted by Gasteiger charge is 2.08. The summed E-state index contributed by atoms with van der Waals surface area (Å²) in [6.07, 6.45) is 4.53. The van der Waals surface area contributed by atoms with Crippen LogP contribution in [0.1, 0.15) is 16.1 Å². The molecule has 2 aromatic heterocycles. The van der Waals surface area contributed by atoms with Gasteiger partial charge >= 0.3 is 0 Å². The first kappa shape index (κ1) is 16.1. The van der Waals surface area contributed by atoms with Crippen molar-refractivity contribution in [1.82, 2.24) is 9.97 Å². The number of anilines is 3. The molecule has 0 bridgehead atoms. The van der Waals surface area contributed by atoms with Crippen LogP contribution in [-0.4, -0.2) is 22.1 Å². The fourth-order valence-corrected chi connectivity index (χ4v) is 2.37. The molecule has 0 fully saturated rings. The van der Waals surface area contributed by atoms with E-state index in [0.717, 1.165) is 11.1 Å². The summed E-state index contributed by atoms with van der Waals surface area (Å²) in [7, 11) is 0. The van der Waals surface area contributed by atoms with E-state index in [1.807, 2.05) is 24.3 Å². The van der Waals surface area contributed by atoms with E-state index in [4.69, 9.17) is 16.9 Å². The van der Waals surface area contributed by atoms with Gasteiger partial charge in [0.05, 0.1) is 5.69 Å². The molecule has 0 radical (unpaired) electrons. The number of benzene rings is 1. The van der Waals surface area contributed by atoms with Crippen molar-refractivity contribution in [3.8, 4) is 11.1 Å². The Morgan fingerprint density at radius 2 is 1.96 bits per heavy atom. The van der Waals surface area contributed by atoms with E-state index in [2.05, 4.69) is 15.3 Å². The molecule has 7 heteroatoms. The third-order valence-electron chi connectivity index (χ3n) is 3.57. The Balaban J connectivity index is 2.00. The first-order valence-corrected chi connectivity index (χ1v) is 7.46. The minimum Gasteiger partial charge on any atom is -0.397 e. The van der Waals surface area contributed by atoms with Gasteiger partial charge in [-0.25, -0.2) is 4.98 Å². The summed E-state index contributed by atoms with van der Waals surface area (Å²) in [5, 5.41) is 10.7. The summed E-state index contributed by atoms with van der Waals surface area (Å²) in [4.78, 5) is 19.5. The number of aromatic nitrogens is 2. The Morgan fingerprint density at radius 3 is 2.68 bits per heavy atom. The predicted molar refractivity (Wildman–Crippen MR) is 98.0 cm³/mol. The van der Waals surface area contributed by atoms with Crippen molar-refractivity contribution >= 4 is 29.3 Å². The van der Waals surface area contributed by atoms with Crippen LogP contribution >= 0.6 is 0 Å². The molecule has 0 saturated carbocycles. The van der Waals surface area contributed by atoms with E-state index in [9.17, 15) is 4.79 Å². The van der Waals surface area contributed by atoms with Crippen molar-refractivity contribution < 1.29 is 4.79 Å². The van der Waals surface area contributed by atoms with Crippen LogP contribution in [-0.2, 0) is 0 Å². The second kappa shape index (κ2) is 6.79. The van der Waals surface area contributed by atoms with Crippen LogP contribution in [0.3, 0.4) is 0 Å². The third kappa shape index (κ3) is 3.61. The molecule has 25 heavy (non-hydrogen) atoms. The molecule has 124 valence electrons. The normalized spacial score (nSPS) is 10.2. The lowest BCUT2D eigenvalue weighted by Gasteiger charge is -2.12. The average molecular weight is 332 g/mol. The van der Waals surface area contributed by atoms with Crippen molar-refractivity contribution in [3.63, 3.8) is 0 Å². The molecule has 1 aromatic carbocycles. The van der Waals surface area contributed by atoms with E-state index < -0.39 is 5.91 Å². The smallest absolute Gasteiger partial charge is 0.267 e. The zero-order valence-electron chi connectivity index (χ0n) is 13.2. The number of nitrogens with zero attached hydrogens (tertiary/aromatic N) is 2. The zero-order valence-corrected chi connectivity index (χ0v) is 13.2. The topological polar surface area (TPSA) is 131 Å². The molecule has 0 aliphatic heterocycles. The van der Waals surface area contributed by atoms with Crippen LogP contribution in [0.5, 0.6) is 0 Å². The Labute approximate surface area is 144 Å². The number of nitrogen functional groups attached to an aromatic ring is 1. The van der Waals surface area contributed by atoms with E-state index in [0.29, 0.717) is 22.8 Å². The Morgan fingerprint density at radius 1 is 1.12 bits per heavy atom. The first-order valence-electron chi connectivity index (χ1n) is 7.46. The number of primary amides is 1. The maximum absolute atomic E-state index is 11.3. The van der Waals surface area contributed by atoms with Gasteiger partial charge in [-0.05, 0) is 29.8 Å². The molecule has 0 unspecified atom stereocenters. The van der Waals surface area contributed by atoms with Crippen LogP contribution in [0.15, 0.2) is 54.9 Å².